The predicted octanol–water partition coefficient (Wildman–Crippen LogP) is 4.32. The van der Waals surface area contributed by atoms with Crippen molar-refractivity contribution in [2.75, 3.05) is 0 Å². The Balaban J connectivity index is 2.98. The highest BCUT2D eigenvalue weighted by Crippen LogP contribution is 2.26. The van der Waals surface area contributed by atoms with Crippen LogP contribution in [0.2, 0.25) is 0 Å². The summed E-state index contributed by atoms with van der Waals surface area (Å²) in [6.07, 6.45) is 5.43. The van der Waals surface area contributed by atoms with Crippen molar-refractivity contribution in [3.8, 4) is 0 Å². The van der Waals surface area contributed by atoms with Crippen LogP contribution in [-0.4, -0.2) is 0 Å². The maximum Gasteiger partial charge on any atom is -0.00973 e. The minimum atomic E-state index is 0.714. The van der Waals surface area contributed by atoms with Gasteiger partial charge < -0.3 is 0 Å². The van der Waals surface area contributed by atoms with Crippen LogP contribution < -0.4 is 0 Å². The maximum absolute atomic E-state index is 3.81. The Labute approximate surface area is 87.7 Å². The summed E-state index contributed by atoms with van der Waals surface area (Å²) >= 11 is 0. The summed E-state index contributed by atoms with van der Waals surface area (Å²) < 4.78 is 0. The summed E-state index contributed by atoms with van der Waals surface area (Å²) in [6, 6.07) is 8.73. The van der Waals surface area contributed by atoms with Crippen molar-refractivity contribution in [2.45, 2.75) is 39.0 Å². The molecule has 0 spiro atoms. The van der Waals surface area contributed by atoms with Crippen LogP contribution in [0.15, 0.2) is 36.9 Å². The van der Waals surface area contributed by atoms with Gasteiger partial charge in [0.15, 0.2) is 0 Å². The van der Waals surface area contributed by atoms with E-state index in [4.69, 9.17) is 0 Å². The minimum absolute atomic E-state index is 0.714. The van der Waals surface area contributed by atoms with Crippen molar-refractivity contribution in [1.29, 1.82) is 0 Å². The van der Waals surface area contributed by atoms with Crippen LogP contribution in [0.3, 0.4) is 0 Å². The molecule has 0 amide bonds. The molecule has 0 radical (unpaired) electrons. The van der Waals surface area contributed by atoms with E-state index in [9.17, 15) is 0 Å². The van der Waals surface area contributed by atoms with E-state index in [0.29, 0.717) is 5.92 Å². The first-order chi connectivity index (χ1) is 6.83. The molecule has 0 N–H and O–H groups in total. The van der Waals surface area contributed by atoms with Crippen LogP contribution in [0.25, 0.3) is 0 Å². The zero-order valence-electron chi connectivity index (χ0n) is 9.29. The summed E-state index contributed by atoms with van der Waals surface area (Å²) in [5.74, 6) is 0.714. The van der Waals surface area contributed by atoms with E-state index >= 15 is 0 Å². The lowest BCUT2D eigenvalue weighted by molar-refractivity contribution is 0.636. The standard InChI is InChI=1S/C14H20/c1-4-9-13-10-7-8-11-14(13)12(5-2)6-3/h4,7-8,10-12H,1,5-6,9H2,2-3H3. The Hall–Kier alpha value is -1.04. The van der Waals surface area contributed by atoms with Gasteiger partial charge in [-0.2, -0.15) is 0 Å². The summed E-state index contributed by atoms with van der Waals surface area (Å²) in [7, 11) is 0. The molecule has 1 aromatic rings. The molecule has 0 aliphatic heterocycles. The molecule has 0 heteroatoms. The lowest BCUT2D eigenvalue weighted by Gasteiger charge is -2.16. The second-order valence-corrected chi connectivity index (χ2v) is 3.71. The predicted molar refractivity (Wildman–Crippen MR) is 63.7 cm³/mol. The summed E-state index contributed by atoms with van der Waals surface area (Å²) in [6.45, 7) is 8.33. The first-order valence-corrected chi connectivity index (χ1v) is 5.52. The fraction of sp³-hybridized carbons (Fsp3) is 0.429. The number of benzene rings is 1. The summed E-state index contributed by atoms with van der Waals surface area (Å²) in [5, 5.41) is 0. The Morgan fingerprint density at radius 3 is 2.43 bits per heavy atom. The highest BCUT2D eigenvalue weighted by molar-refractivity contribution is 5.31. The van der Waals surface area contributed by atoms with Gasteiger partial charge >= 0.3 is 0 Å². The van der Waals surface area contributed by atoms with Crippen LogP contribution in [-0.2, 0) is 6.42 Å². The van der Waals surface area contributed by atoms with Gasteiger partial charge in [-0.1, -0.05) is 44.2 Å². The molecule has 0 aromatic heterocycles. The topological polar surface area (TPSA) is 0 Å². The number of hydrogen-bond acceptors (Lipinski definition) is 0. The van der Waals surface area contributed by atoms with Crippen molar-refractivity contribution in [3.05, 3.63) is 48.0 Å². The monoisotopic (exact) mass is 188 g/mol. The molecule has 0 heterocycles. The zero-order chi connectivity index (χ0) is 10.4. The molecule has 1 rings (SSSR count). The Bertz CT molecular complexity index is 282. The smallest absolute Gasteiger partial charge is 0.00973 e. The van der Waals surface area contributed by atoms with Gasteiger partial charge in [0.05, 0.1) is 0 Å². The normalized spacial score (nSPS) is 10.5. The van der Waals surface area contributed by atoms with E-state index in [1.165, 1.54) is 24.0 Å². The second-order valence-electron chi connectivity index (χ2n) is 3.71. The highest BCUT2D eigenvalue weighted by Gasteiger charge is 2.09. The Morgan fingerprint density at radius 2 is 1.86 bits per heavy atom. The fourth-order valence-electron chi connectivity index (χ4n) is 2.00. The molecule has 76 valence electrons. The van der Waals surface area contributed by atoms with E-state index in [-0.39, 0.29) is 0 Å². The molecule has 0 aliphatic rings. The first kappa shape index (κ1) is 11.0. The van der Waals surface area contributed by atoms with Crippen LogP contribution >= 0.6 is 0 Å². The highest BCUT2D eigenvalue weighted by atomic mass is 14.1. The third-order valence-corrected chi connectivity index (χ3v) is 2.84. The van der Waals surface area contributed by atoms with Crippen LogP contribution in [0.1, 0.15) is 43.7 Å². The lowest BCUT2D eigenvalue weighted by atomic mass is 9.89. The third kappa shape index (κ3) is 2.47. The Morgan fingerprint density at radius 1 is 1.21 bits per heavy atom. The maximum atomic E-state index is 3.81. The van der Waals surface area contributed by atoms with Gasteiger partial charge in [0.1, 0.15) is 0 Å². The molecule has 14 heavy (non-hydrogen) atoms. The van der Waals surface area contributed by atoms with Gasteiger partial charge in [-0.3, -0.25) is 0 Å². The van der Waals surface area contributed by atoms with Crippen molar-refractivity contribution in [2.24, 2.45) is 0 Å². The van der Waals surface area contributed by atoms with Crippen molar-refractivity contribution in [3.63, 3.8) is 0 Å². The number of allylic oxidation sites excluding steroid dienone is 1. The first-order valence-electron chi connectivity index (χ1n) is 5.52. The molecule has 0 fully saturated rings. The zero-order valence-corrected chi connectivity index (χ0v) is 9.29. The van der Waals surface area contributed by atoms with Gasteiger partial charge in [-0.25, -0.2) is 0 Å². The van der Waals surface area contributed by atoms with Gasteiger partial charge in [0.25, 0.3) is 0 Å². The molecule has 1 aromatic carbocycles. The molecule has 0 unspecified atom stereocenters. The van der Waals surface area contributed by atoms with Crippen molar-refractivity contribution < 1.29 is 0 Å². The molecular weight excluding hydrogens is 168 g/mol. The summed E-state index contributed by atoms with van der Waals surface area (Å²) in [4.78, 5) is 0. The molecule has 0 aliphatic carbocycles. The van der Waals surface area contributed by atoms with E-state index in [1.807, 2.05) is 6.08 Å². The quantitative estimate of drug-likeness (QED) is 0.604. The van der Waals surface area contributed by atoms with Gasteiger partial charge in [-0.15, -0.1) is 6.58 Å². The van der Waals surface area contributed by atoms with Crippen molar-refractivity contribution in [1.82, 2.24) is 0 Å². The van der Waals surface area contributed by atoms with E-state index in [1.54, 1.807) is 0 Å². The van der Waals surface area contributed by atoms with E-state index < -0.39 is 0 Å². The average molecular weight is 188 g/mol. The molecule has 0 saturated carbocycles. The lowest BCUT2D eigenvalue weighted by Crippen LogP contribution is -2.00. The van der Waals surface area contributed by atoms with E-state index in [0.717, 1.165) is 6.42 Å². The average Bonchev–Trinajstić information content (AvgIpc) is 2.23. The van der Waals surface area contributed by atoms with Crippen molar-refractivity contribution >= 4 is 0 Å². The van der Waals surface area contributed by atoms with E-state index in [2.05, 4.69) is 44.7 Å². The summed E-state index contributed by atoms with van der Waals surface area (Å²) in [5.41, 5.74) is 2.95. The molecule has 0 nitrogen and oxygen atoms in total. The van der Waals surface area contributed by atoms with Gasteiger partial charge in [-0.05, 0) is 36.3 Å². The minimum Gasteiger partial charge on any atom is -0.103 e. The van der Waals surface area contributed by atoms with Crippen LogP contribution in [0, 0.1) is 0 Å². The molecule has 0 bridgehead atoms. The second kappa shape index (κ2) is 5.64. The number of rotatable bonds is 5. The van der Waals surface area contributed by atoms with Crippen LogP contribution in [0.4, 0.5) is 0 Å². The molecule has 0 atom stereocenters. The van der Waals surface area contributed by atoms with Gasteiger partial charge in [0.2, 0.25) is 0 Å². The van der Waals surface area contributed by atoms with Crippen LogP contribution in [0.5, 0.6) is 0 Å². The Kier molecular flexibility index (Phi) is 4.45. The fourth-order valence-corrected chi connectivity index (χ4v) is 2.00. The SMILES string of the molecule is C=CCc1ccccc1C(CC)CC. The molecular formula is C14H20. The number of hydrogen-bond donors (Lipinski definition) is 0. The third-order valence-electron chi connectivity index (χ3n) is 2.84. The van der Waals surface area contributed by atoms with Gasteiger partial charge in [0, 0.05) is 0 Å². The largest absolute Gasteiger partial charge is 0.103 e. The molecule has 0 saturated heterocycles.